The van der Waals surface area contributed by atoms with Crippen molar-refractivity contribution in [2.24, 2.45) is 35.5 Å². The number of unbranched alkanes of at least 4 members (excludes halogenated alkanes) is 2. The van der Waals surface area contributed by atoms with E-state index in [1.54, 1.807) is 0 Å². The molecule has 37 heavy (non-hydrogen) atoms. The van der Waals surface area contributed by atoms with E-state index < -0.39 is 0 Å². The molecule has 1 aliphatic heterocycles. The molecule has 0 saturated heterocycles. The van der Waals surface area contributed by atoms with Crippen molar-refractivity contribution in [2.75, 3.05) is 0 Å². The lowest BCUT2D eigenvalue weighted by atomic mass is 9.66. The zero-order valence-corrected chi connectivity index (χ0v) is 23.6. The van der Waals surface area contributed by atoms with Crippen molar-refractivity contribution in [1.82, 2.24) is 0 Å². The lowest BCUT2D eigenvalue weighted by Gasteiger charge is -2.40. The molecule has 1 atom stereocenters. The molecule has 3 aliphatic carbocycles. The van der Waals surface area contributed by atoms with Crippen LogP contribution in [0.15, 0.2) is 12.1 Å². The third-order valence-corrected chi connectivity index (χ3v) is 11.2. The Labute approximate surface area is 225 Å². The van der Waals surface area contributed by atoms with Crippen molar-refractivity contribution in [3.05, 3.63) is 29.1 Å². The molecule has 0 bridgehead atoms. The second-order valence-corrected chi connectivity index (χ2v) is 13.3. The molecule has 206 valence electrons. The molecule has 3 saturated carbocycles. The van der Waals surface area contributed by atoms with Crippen molar-refractivity contribution >= 4 is 5.97 Å². The maximum absolute atomic E-state index is 15.7. The van der Waals surface area contributed by atoms with Gasteiger partial charge in [-0.1, -0.05) is 70.9 Å². The van der Waals surface area contributed by atoms with E-state index in [9.17, 15) is 4.79 Å². The van der Waals surface area contributed by atoms with Gasteiger partial charge in [0, 0.05) is 0 Å². The fourth-order valence-corrected chi connectivity index (χ4v) is 8.59. The Kier molecular flexibility index (Phi) is 9.30. The summed E-state index contributed by atoms with van der Waals surface area (Å²) in [5, 5.41) is 0. The summed E-state index contributed by atoms with van der Waals surface area (Å²) < 4.78 is 21.5. The molecule has 0 N–H and O–H groups in total. The lowest BCUT2D eigenvalue weighted by molar-refractivity contribution is -0.143. The lowest BCUT2D eigenvalue weighted by Crippen LogP contribution is -2.37. The minimum Gasteiger partial charge on any atom is -0.423 e. The van der Waals surface area contributed by atoms with Crippen LogP contribution in [0.25, 0.3) is 0 Å². The smallest absolute Gasteiger partial charge is 0.315 e. The van der Waals surface area contributed by atoms with E-state index in [0.29, 0.717) is 12.3 Å². The molecule has 3 fully saturated rings. The van der Waals surface area contributed by atoms with E-state index in [-0.39, 0.29) is 29.4 Å². The second-order valence-electron chi connectivity index (χ2n) is 13.3. The van der Waals surface area contributed by atoms with Gasteiger partial charge in [-0.15, -0.1) is 0 Å². The Hall–Kier alpha value is -1.38. The van der Waals surface area contributed by atoms with Crippen molar-refractivity contribution in [1.29, 1.82) is 0 Å². The number of rotatable bonds is 8. The summed E-state index contributed by atoms with van der Waals surface area (Å²) in [6.45, 7) is 4.60. The van der Waals surface area contributed by atoms with Gasteiger partial charge in [0.2, 0.25) is 0 Å². The highest BCUT2D eigenvalue weighted by Crippen LogP contribution is 2.47. The van der Waals surface area contributed by atoms with E-state index in [1.165, 1.54) is 83.5 Å². The largest absolute Gasteiger partial charge is 0.423 e. The van der Waals surface area contributed by atoms with Gasteiger partial charge >= 0.3 is 5.97 Å². The second kappa shape index (κ2) is 12.6. The molecule has 0 amide bonds. The van der Waals surface area contributed by atoms with Gasteiger partial charge in [-0.25, -0.2) is 4.39 Å². The highest BCUT2D eigenvalue weighted by Gasteiger charge is 2.40. The van der Waals surface area contributed by atoms with Crippen LogP contribution in [0.1, 0.15) is 140 Å². The fourth-order valence-electron chi connectivity index (χ4n) is 8.59. The molecule has 1 heterocycles. The third-order valence-electron chi connectivity index (χ3n) is 11.2. The Balaban J connectivity index is 1.15. The first-order valence-corrected chi connectivity index (χ1v) is 16.1. The molecule has 0 spiro atoms. The number of halogens is 1. The van der Waals surface area contributed by atoms with Crippen LogP contribution in [-0.4, -0.2) is 5.97 Å². The molecule has 5 rings (SSSR count). The van der Waals surface area contributed by atoms with Gasteiger partial charge in [-0.05, 0) is 117 Å². The molecule has 1 unspecified atom stereocenters. The maximum Gasteiger partial charge on any atom is 0.315 e. The minimum absolute atomic E-state index is 0.0897. The Morgan fingerprint density at radius 1 is 0.784 bits per heavy atom. The summed E-state index contributed by atoms with van der Waals surface area (Å²) in [6.07, 6.45) is 22.2. The van der Waals surface area contributed by atoms with Gasteiger partial charge in [0.15, 0.2) is 11.6 Å². The molecule has 1 aromatic carbocycles. The van der Waals surface area contributed by atoms with Crippen LogP contribution in [0.4, 0.5) is 4.39 Å². The summed E-state index contributed by atoms with van der Waals surface area (Å²) in [7, 11) is 0. The quantitative estimate of drug-likeness (QED) is 0.198. The van der Waals surface area contributed by atoms with Crippen LogP contribution < -0.4 is 4.74 Å². The van der Waals surface area contributed by atoms with E-state index in [1.807, 2.05) is 6.07 Å². The molecular formula is C34H51FO2. The first-order valence-electron chi connectivity index (χ1n) is 16.1. The van der Waals surface area contributed by atoms with Gasteiger partial charge in [-0.2, -0.15) is 0 Å². The number of hydrogen-bond acceptors (Lipinski definition) is 2. The van der Waals surface area contributed by atoms with E-state index in [2.05, 4.69) is 19.9 Å². The molecular weight excluding hydrogens is 459 g/mol. The minimum atomic E-state index is -0.245. The van der Waals surface area contributed by atoms with Crippen LogP contribution in [0.2, 0.25) is 0 Å². The van der Waals surface area contributed by atoms with Gasteiger partial charge < -0.3 is 4.74 Å². The number of benzene rings is 1. The normalized spacial score (nSPS) is 34.6. The van der Waals surface area contributed by atoms with Crippen molar-refractivity contribution in [3.8, 4) is 5.75 Å². The molecule has 3 heteroatoms. The first-order chi connectivity index (χ1) is 18.1. The summed E-state index contributed by atoms with van der Waals surface area (Å²) in [6, 6.07) is 4.11. The van der Waals surface area contributed by atoms with Crippen LogP contribution in [0, 0.1) is 41.3 Å². The third kappa shape index (κ3) is 6.27. The summed E-state index contributed by atoms with van der Waals surface area (Å²) >= 11 is 0. The summed E-state index contributed by atoms with van der Waals surface area (Å²) in [5.41, 5.74) is 1.70. The summed E-state index contributed by atoms with van der Waals surface area (Å²) in [4.78, 5) is 13.1. The first kappa shape index (κ1) is 27.2. The zero-order chi connectivity index (χ0) is 25.8. The molecule has 1 aromatic rings. The van der Waals surface area contributed by atoms with E-state index in [4.69, 9.17) is 4.74 Å². The average molecular weight is 511 g/mol. The molecule has 0 aromatic heterocycles. The van der Waals surface area contributed by atoms with Gasteiger partial charge in [0.1, 0.15) is 0 Å². The average Bonchev–Trinajstić information content (AvgIpc) is 2.94. The van der Waals surface area contributed by atoms with Gasteiger partial charge in [-0.3, -0.25) is 4.79 Å². The van der Waals surface area contributed by atoms with E-state index in [0.717, 1.165) is 60.5 Å². The fraction of sp³-hybridized carbons (Fsp3) is 0.794. The van der Waals surface area contributed by atoms with Crippen molar-refractivity contribution in [2.45, 2.75) is 135 Å². The van der Waals surface area contributed by atoms with Crippen molar-refractivity contribution in [3.63, 3.8) is 0 Å². The molecule has 0 radical (unpaired) electrons. The number of carbonyl (C=O) groups excluding carboxylic acids is 1. The Bertz CT molecular complexity index is 885. The maximum atomic E-state index is 15.7. The number of esters is 1. The molecule has 2 nitrogen and oxygen atoms in total. The van der Waals surface area contributed by atoms with Crippen molar-refractivity contribution < 1.29 is 13.9 Å². The molecule has 4 aliphatic rings. The number of carbonyl (C=O) groups is 1. The number of hydrogen-bond donors (Lipinski definition) is 0. The highest BCUT2D eigenvalue weighted by molar-refractivity contribution is 5.78. The highest BCUT2D eigenvalue weighted by atomic mass is 19.1. The Morgan fingerprint density at radius 2 is 1.41 bits per heavy atom. The number of ether oxygens (including phenoxy) is 1. The van der Waals surface area contributed by atoms with Gasteiger partial charge in [0.25, 0.3) is 0 Å². The number of fused-ring (bicyclic) bond motifs is 1. The predicted octanol–water partition coefficient (Wildman–Crippen LogP) is 9.78. The van der Waals surface area contributed by atoms with Gasteiger partial charge in [0.05, 0.1) is 5.92 Å². The monoisotopic (exact) mass is 510 g/mol. The predicted molar refractivity (Wildman–Crippen MR) is 149 cm³/mol. The SMILES string of the molecule is CCCCCC1CCC(c2ccc3c(c2F)OC(=O)C(C2CCC(C4CCC(CC)CC4)CC2)C3)CC1. The standard InChI is InChI=1S/C34H51FO2/c1-3-5-6-7-24-10-14-27(15-11-24)30-21-20-29-22-31(34(36)37-33(29)32(30)35)28-18-16-26(17-19-28)25-12-8-23(4-2)9-13-25/h20-21,23-28,31H,3-19,22H2,1-2H3. The van der Waals surface area contributed by atoms with E-state index >= 15 is 4.39 Å². The van der Waals surface area contributed by atoms with Crippen LogP contribution >= 0.6 is 0 Å². The Morgan fingerprint density at radius 3 is 2.05 bits per heavy atom. The zero-order valence-electron chi connectivity index (χ0n) is 23.6. The van der Waals surface area contributed by atoms with Crippen LogP contribution in [0.5, 0.6) is 5.75 Å². The van der Waals surface area contributed by atoms with Crippen LogP contribution in [-0.2, 0) is 11.2 Å². The van der Waals surface area contributed by atoms with Crippen LogP contribution in [0.3, 0.4) is 0 Å². The summed E-state index contributed by atoms with van der Waals surface area (Å²) in [5.74, 6) is 3.93. The topological polar surface area (TPSA) is 26.3 Å².